The molecule has 6 nitrogen and oxygen atoms in total. The Balaban J connectivity index is 4.02. The lowest BCUT2D eigenvalue weighted by molar-refractivity contribution is -0.145. The van der Waals surface area contributed by atoms with Gasteiger partial charge in [-0.15, -0.1) is 0 Å². The summed E-state index contributed by atoms with van der Waals surface area (Å²) in [6.07, 6.45) is 36.4. The van der Waals surface area contributed by atoms with Crippen LogP contribution in [-0.2, 0) is 19.1 Å². The van der Waals surface area contributed by atoms with Crippen molar-refractivity contribution in [3.05, 3.63) is 0 Å². The average molecular weight is 742 g/mol. The molecule has 0 aliphatic rings. The number of rotatable bonds is 43. The first-order valence-electron chi connectivity index (χ1n) is 22.8. The lowest BCUT2D eigenvalue weighted by atomic mass is 9.95. The van der Waals surface area contributed by atoms with Crippen LogP contribution in [0.4, 0.5) is 4.39 Å². The van der Waals surface area contributed by atoms with Crippen molar-refractivity contribution in [2.75, 3.05) is 46.1 Å². The van der Waals surface area contributed by atoms with E-state index in [0.29, 0.717) is 38.4 Å². The molecule has 0 radical (unpaired) electrons. The third kappa shape index (κ3) is 38.5. The molecule has 0 saturated carbocycles. The molecule has 0 fully saturated rings. The molecule has 0 aromatic carbocycles. The van der Waals surface area contributed by atoms with Gasteiger partial charge in [-0.3, -0.25) is 14.0 Å². The first-order valence-corrected chi connectivity index (χ1v) is 22.8. The van der Waals surface area contributed by atoms with Crippen molar-refractivity contribution in [2.45, 2.75) is 226 Å². The predicted octanol–water partition coefficient (Wildman–Crippen LogP) is 12.9. The maximum Gasteiger partial charge on any atom is 0.305 e. The van der Waals surface area contributed by atoms with Crippen LogP contribution in [0, 0.1) is 5.92 Å². The third-order valence-electron chi connectivity index (χ3n) is 10.5. The van der Waals surface area contributed by atoms with E-state index in [1.807, 2.05) is 0 Å². The van der Waals surface area contributed by atoms with Crippen molar-refractivity contribution in [1.29, 1.82) is 0 Å². The predicted molar refractivity (Wildman–Crippen MR) is 219 cm³/mol. The Kier molecular flexibility index (Phi) is 41.5. The minimum atomic E-state index is -0.193. The Morgan fingerprint density at radius 2 is 0.904 bits per heavy atom. The quantitative estimate of drug-likeness (QED) is 0.0495. The van der Waals surface area contributed by atoms with Crippen LogP contribution < -0.4 is 0 Å². The van der Waals surface area contributed by atoms with E-state index >= 15 is 0 Å². The molecule has 0 aromatic rings. The lowest BCUT2D eigenvalue weighted by Gasteiger charge is -2.22. The summed E-state index contributed by atoms with van der Waals surface area (Å²) < 4.78 is 23.5. The number of nitrogens with zero attached hydrogens (tertiary/aromatic N) is 1. The van der Waals surface area contributed by atoms with Crippen LogP contribution in [0.3, 0.4) is 0 Å². The minimum Gasteiger partial charge on any atom is -0.466 e. The number of hydrogen-bond acceptors (Lipinski definition) is 6. The number of aliphatic hydroxyl groups is 1. The molecular weight excluding hydrogens is 653 g/mol. The zero-order valence-electron chi connectivity index (χ0n) is 34.8. The summed E-state index contributed by atoms with van der Waals surface area (Å²) in [5, 5.41) is 9.25. The minimum absolute atomic E-state index is 0.0285. The molecule has 0 aliphatic carbocycles. The summed E-state index contributed by atoms with van der Waals surface area (Å²) in [5.41, 5.74) is 0. The lowest BCUT2D eigenvalue weighted by Crippen LogP contribution is -2.27. The van der Waals surface area contributed by atoms with Crippen molar-refractivity contribution in [3.63, 3.8) is 0 Å². The summed E-state index contributed by atoms with van der Waals surface area (Å²) in [5.74, 6) is 0.421. The number of hydrogen-bond donors (Lipinski definition) is 1. The van der Waals surface area contributed by atoms with Crippen molar-refractivity contribution in [2.24, 2.45) is 5.92 Å². The molecule has 7 heteroatoms. The number of alkyl halides is 1. The molecule has 1 unspecified atom stereocenters. The summed E-state index contributed by atoms with van der Waals surface area (Å²) >= 11 is 0. The summed E-state index contributed by atoms with van der Waals surface area (Å²) in [4.78, 5) is 27.1. The van der Waals surface area contributed by atoms with E-state index in [1.165, 1.54) is 116 Å². The van der Waals surface area contributed by atoms with E-state index in [2.05, 4.69) is 18.7 Å². The van der Waals surface area contributed by atoms with Gasteiger partial charge in [-0.2, -0.15) is 0 Å². The van der Waals surface area contributed by atoms with Crippen LogP contribution in [0.25, 0.3) is 0 Å². The molecule has 310 valence electrons. The topological polar surface area (TPSA) is 76.1 Å². The smallest absolute Gasteiger partial charge is 0.305 e. The van der Waals surface area contributed by atoms with Gasteiger partial charge in [-0.05, 0) is 89.8 Å². The molecule has 0 aliphatic heterocycles. The van der Waals surface area contributed by atoms with Crippen LogP contribution in [0.5, 0.6) is 0 Å². The normalized spacial score (nSPS) is 12.1. The van der Waals surface area contributed by atoms with Crippen molar-refractivity contribution in [1.82, 2.24) is 4.90 Å². The Hall–Kier alpha value is -1.21. The number of carbonyl (C=O) groups is 2. The van der Waals surface area contributed by atoms with Gasteiger partial charge in [0, 0.05) is 19.4 Å². The number of unbranched alkanes of at least 4 members (excludes halogenated alkanes) is 23. The van der Waals surface area contributed by atoms with Gasteiger partial charge in [0.25, 0.3) is 0 Å². The fraction of sp³-hybridized carbons (Fsp3) is 0.956. The van der Waals surface area contributed by atoms with Gasteiger partial charge in [0.15, 0.2) is 0 Å². The molecule has 0 saturated heterocycles. The molecule has 52 heavy (non-hydrogen) atoms. The van der Waals surface area contributed by atoms with Crippen LogP contribution in [-0.4, -0.2) is 68.1 Å². The monoisotopic (exact) mass is 742 g/mol. The highest BCUT2D eigenvalue weighted by atomic mass is 19.1. The second-order valence-electron chi connectivity index (χ2n) is 15.6. The Bertz CT molecular complexity index is 739. The van der Waals surface area contributed by atoms with Gasteiger partial charge < -0.3 is 19.5 Å². The molecule has 0 bridgehead atoms. The molecule has 0 aromatic heterocycles. The van der Waals surface area contributed by atoms with E-state index in [1.54, 1.807) is 0 Å². The second kappa shape index (κ2) is 42.5. The molecule has 1 atom stereocenters. The van der Waals surface area contributed by atoms with Gasteiger partial charge in [0.05, 0.1) is 19.9 Å². The molecule has 1 N–H and O–H groups in total. The third-order valence-corrected chi connectivity index (χ3v) is 10.5. The standard InChI is InChI=1S/C45H88FNO5/c1-3-5-7-9-12-21-31-41-51-44(49)34-24-16-13-19-27-37-47(39-29-30-40-48)38-28-20-14-17-25-35-45(50)52-42-43(32-22-8-6-4-2)33-23-15-10-11-18-26-36-46/h43,48H,3-42H2,1-2H3. The maximum atomic E-state index is 12.5. The first-order chi connectivity index (χ1) is 25.6. The largest absolute Gasteiger partial charge is 0.466 e. The van der Waals surface area contributed by atoms with Crippen LogP contribution >= 0.6 is 0 Å². The average Bonchev–Trinajstić information content (AvgIpc) is 3.14. The zero-order valence-corrected chi connectivity index (χ0v) is 34.8. The Morgan fingerprint density at radius 1 is 0.500 bits per heavy atom. The number of ether oxygens (including phenoxy) is 2. The van der Waals surface area contributed by atoms with Crippen molar-refractivity contribution < 1.29 is 28.6 Å². The summed E-state index contributed by atoms with van der Waals surface area (Å²) in [7, 11) is 0. The summed E-state index contributed by atoms with van der Waals surface area (Å²) in [6.45, 7) is 8.98. The number of esters is 2. The van der Waals surface area contributed by atoms with Crippen LogP contribution in [0.2, 0.25) is 0 Å². The van der Waals surface area contributed by atoms with E-state index in [9.17, 15) is 19.1 Å². The maximum absolute atomic E-state index is 12.5. The van der Waals surface area contributed by atoms with Gasteiger partial charge in [0.1, 0.15) is 0 Å². The highest BCUT2D eigenvalue weighted by Crippen LogP contribution is 2.20. The SMILES string of the molecule is CCCCCCCCCOC(=O)CCCCCCCN(CCCCO)CCCCCCCC(=O)OCC(CCCCCC)CCCCCCCCF. The van der Waals surface area contributed by atoms with Gasteiger partial charge in [-0.25, -0.2) is 0 Å². The second-order valence-corrected chi connectivity index (χ2v) is 15.6. The van der Waals surface area contributed by atoms with Crippen LogP contribution in [0.15, 0.2) is 0 Å². The zero-order chi connectivity index (χ0) is 38.0. The first kappa shape index (κ1) is 50.8. The molecule has 0 heterocycles. The fourth-order valence-corrected chi connectivity index (χ4v) is 7.06. The summed E-state index contributed by atoms with van der Waals surface area (Å²) in [6, 6.07) is 0. The number of halogens is 1. The van der Waals surface area contributed by atoms with Crippen molar-refractivity contribution in [3.8, 4) is 0 Å². The molecular formula is C45H88FNO5. The number of carbonyl (C=O) groups excluding carboxylic acids is 2. The highest BCUT2D eigenvalue weighted by Gasteiger charge is 2.13. The molecule has 0 rings (SSSR count). The van der Waals surface area contributed by atoms with Gasteiger partial charge in [-0.1, -0.05) is 149 Å². The highest BCUT2D eigenvalue weighted by molar-refractivity contribution is 5.69. The Labute approximate surface area is 322 Å². The van der Waals surface area contributed by atoms with E-state index in [-0.39, 0.29) is 25.2 Å². The van der Waals surface area contributed by atoms with E-state index in [4.69, 9.17) is 9.47 Å². The molecule has 0 amide bonds. The van der Waals surface area contributed by atoms with Gasteiger partial charge in [0.2, 0.25) is 0 Å². The fourth-order valence-electron chi connectivity index (χ4n) is 7.06. The number of aliphatic hydroxyl groups excluding tert-OH is 1. The Morgan fingerprint density at radius 3 is 1.42 bits per heavy atom. The molecule has 0 spiro atoms. The van der Waals surface area contributed by atoms with E-state index < -0.39 is 0 Å². The van der Waals surface area contributed by atoms with Gasteiger partial charge >= 0.3 is 11.9 Å². The van der Waals surface area contributed by atoms with E-state index in [0.717, 1.165) is 96.7 Å². The van der Waals surface area contributed by atoms with Crippen LogP contribution in [0.1, 0.15) is 226 Å². The van der Waals surface area contributed by atoms with Crippen molar-refractivity contribution >= 4 is 11.9 Å².